The SMILES string of the molecule is COc1nc(-c2cncnc2)c(O[C@H]2CCN3C(=O)OC[C@@H]3C2)cc1C(=O)NCc1ccc(C)cc1.[HH]. The summed E-state index contributed by atoms with van der Waals surface area (Å²) in [6.45, 7) is 3.28. The minimum absolute atomic E-state index is 0. The third-order valence-electron chi connectivity index (χ3n) is 6.39. The monoisotopic (exact) mass is 491 g/mol. The van der Waals surface area contributed by atoms with Crippen molar-refractivity contribution in [1.82, 2.24) is 25.2 Å². The van der Waals surface area contributed by atoms with Crippen LogP contribution >= 0.6 is 0 Å². The summed E-state index contributed by atoms with van der Waals surface area (Å²) in [5.74, 6) is 0.271. The summed E-state index contributed by atoms with van der Waals surface area (Å²) < 4.78 is 17.1. The Bertz CT molecular complexity index is 1260. The quantitative estimate of drug-likeness (QED) is 0.535. The van der Waals surface area contributed by atoms with Crippen molar-refractivity contribution in [3.63, 3.8) is 0 Å². The van der Waals surface area contributed by atoms with Crippen LogP contribution in [0.5, 0.6) is 11.6 Å². The van der Waals surface area contributed by atoms with Gasteiger partial charge in [-0.1, -0.05) is 29.8 Å². The molecule has 4 heterocycles. The highest BCUT2D eigenvalue weighted by Crippen LogP contribution is 2.35. The lowest BCUT2D eigenvalue weighted by atomic mass is 10.0. The number of carbonyl (C=O) groups is 2. The van der Waals surface area contributed by atoms with Crippen LogP contribution < -0.4 is 14.8 Å². The van der Waals surface area contributed by atoms with Crippen LogP contribution in [0.3, 0.4) is 0 Å². The standard InChI is InChI=1S/C26H27N5O5.H2/c1-16-3-5-17(6-4-16)11-29-24(32)21-10-22(23(30-25(21)34-2)18-12-27-15-28-13-18)36-20-7-8-31-19(9-20)14-35-26(31)33;/h3-6,10,12-13,15,19-20H,7-9,11,14H2,1-2H3,(H,29,32);1H/t19-,20-;/m0./s1. The summed E-state index contributed by atoms with van der Waals surface area (Å²) in [7, 11) is 1.47. The van der Waals surface area contributed by atoms with Gasteiger partial charge in [0.05, 0.1) is 13.2 Å². The molecular formula is C26H29N5O5. The highest BCUT2D eigenvalue weighted by molar-refractivity contribution is 5.97. The number of nitrogens with one attached hydrogen (secondary N) is 1. The molecule has 2 fully saturated rings. The van der Waals surface area contributed by atoms with Crippen molar-refractivity contribution in [2.45, 2.75) is 38.5 Å². The van der Waals surface area contributed by atoms with Crippen LogP contribution in [0.4, 0.5) is 4.79 Å². The molecule has 2 aromatic heterocycles. The van der Waals surface area contributed by atoms with E-state index >= 15 is 0 Å². The molecule has 2 atom stereocenters. The average molecular weight is 492 g/mol. The van der Waals surface area contributed by atoms with Crippen molar-refractivity contribution in [3.05, 3.63) is 65.7 Å². The number of benzene rings is 1. The van der Waals surface area contributed by atoms with Crippen molar-refractivity contribution in [3.8, 4) is 22.9 Å². The van der Waals surface area contributed by atoms with E-state index in [9.17, 15) is 9.59 Å². The third-order valence-corrected chi connectivity index (χ3v) is 6.39. The summed E-state index contributed by atoms with van der Waals surface area (Å²) in [6.07, 6.45) is 5.49. The molecule has 36 heavy (non-hydrogen) atoms. The Morgan fingerprint density at radius 2 is 2.03 bits per heavy atom. The lowest BCUT2D eigenvalue weighted by molar-refractivity contribution is 0.0913. The molecule has 0 spiro atoms. The number of nitrogens with zero attached hydrogens (tertiary/aromatic N) is 4. The Labute approximate surface area is 210 Å². The molecule has 2 amide bonds. The van der Waals surface area contributed by atoms with E-state index in [0.717, 1.165) is 11.1 Å². The van der Waals surface area contributed by atoms with Crippen LogP contribution in [0.25, 0.3) is 11.3 Å². The number of rotatable bonds is 7. The van der Waals surface area contributed by atoms with Crippen LogP contribution in [0.1, 0.15) is 35.8 Å². The van der Waals surface area contributed by atoms with Gasteiger partial charge in [0.1, 0.15) is 36.0 Å². The van der Waals surface area contributed by atoms with E-state index in [1.807, 2.05) is 31.2 Å². The summed E-state index contributed by atoms with van der Waals surface area (Å²) >= 11 is 0. The molecule has 0 saturated carbocycles. The van der Waals surface area contributed by atoms with E-state index < -0.39 is 0 Å². The highest BCUT2D eigenvalue weighted by Gasteiger charge is 2.39. The number of pyridine rings is 1. The lowest BCUT2D eigenvalue weighted by Crippen LogP contribution is -2.44. The van der Waals surface area contributed by atoms with Gasteiger partial charge in [-0.05, 0) is 12.5 Å². The van der Waals surface area contributed by atoms with Crippen LogP contribution in [-0.2, 0) is 11.3 Å². The van der Waals surface area contributed by atoms with E-state index in [1.165, 1.54) is 13.4 Å². The molecule has 10 nitrogen and oxygen atoms in total. The fourth-order valence-electron chi connectivity index (χ4n) is 4.45. The molecule has 5 rings (SSSR count). The molecule has 0 unspecified atom stereocenters. The number of hydrogen-bond acceptors (Lipinski definition) is 8. The van der Waals surface area contributed by atoms with Crippen LogP contribution in [0.15, 0.2) is 49.1 Å². The van der Waals surface area contributed by atoms with Gasteiger partial charge in [0.15, 0.2) is 0 Å². The Morgan fingerprint density at radius 1 is 1.25 bits per heavy atom. The number of piperidine rings is 1. The molecule has 0 bridgehead atoms. The number of hydrogen-bond donors (Lipinski definition) is 1. The van der Waals surface area contributed by atoms with Gasteiger partial charge in [0.2, 0.25) is 5.88 Å². The molecule has 0 radical (unpaired) electrons. The van der Waals surface area contributed by atoms with Crippen LogP contribution in [-0.4, -0.2) is 64.3 Å². The van der Waals surface area contributed by atoms with Crippen molar-refractivity contribution >= 4 is 12.0 Å². The van der Waals surface area contributed by atoms with E-state index in [2.05, 4.69) is 20.3 Å². The number of aromatic nitrogens is 3. The number of fused-ring (bicyclic) bond motifs is 1. The van der Waals surface area contributed by atoms with Crippen molar-refractivity contribution in [1.29, 1.82) is 0 Å². The van der Waals surface area contributed by atoms with Gasteiger partial charge < -0.3 is 24.4 Å². The molecule has 0 aliphatic carbocycles. The number of ether oxygens (including phenoxy) is 3. The molecular weight excluding hydrogens is 462 g/mol. The van der Waals surface area contributed by atoms with Crippen LogP contribution in [0, 0.1) is 6.92 Å². The van der Waals surface area contributed by atoms with Crippen molar-refractivity contribution < 1.29 is 25.2 Å². The molecule has 2 saturated heterocycles. The van der Waals surface area contributed by atoms with Gasteiger partial charge >= 0.3 is 6.09 Å². The van der Waals surface area contributed by atoms with Gasteiger partial charge in [0.25, 0.3) is 5.91 Å². The topological polar surface area (TPSA) is 116 Å². The average Bonchev–Trinajstić information content (AvgIpc) is 3.28. The van der Waals surface area contributed by atoms with Gasteiger partial charge in [0, 0.05) is 51.4 Å². The number of amides is 2. The summed E-state index contributed by atoms with van der Waals surface area (Å²) in [5, 5.41) is 2.93. The lowest BCUT2D eigenvalue weighted by Gasteiger charge is -2.33. The third kappa shape index (κ3) is 4.93. The normalized spacial score (nSPS) is 18.8. The second-order valence-corrected chi connectivity index (χ2v) is 8.88. The summed E-state index contributed by atoms with van der Waals surface area (Å²) in [4.78, 5) is 39.6. The molecule has 188 valence electrons. The maximum Gasteiger partial charge on any atom is 0.410 e. The van der Waals surface area contributed by atoms with E-state index in [1.54, 1.807) is 23.4 Å². The first-order chi connectivity index (χ1) is 17.5. The largest absolute Gasteiger partial charge is 0.488 e. The zero-order chi connectivity index (χ0) is 25.1. The smallest absolute Gasteiger partial charge is 0.410 e. The second-order valence-electron chi connectivity index (χ2n) is 8.88. The fourth-order valence-corrected chi connectivity index (χ4v) is 4.45. The van der Waals surface area contributed by atoms with Crippen LogP contribution in [0.2, 0.25) is 0 Å². The molecule has 1 aromatic carbocycles. The van der Waals surface area contributed by atoms with Crippen molar-refractivity contribution in [2.75, 3.05) is 20.3 Å². The predicted molar refractivity (Wildman–Crippen MR) is 132 cm³/mol. The van der Waals surface area contributed by atoms with Gasteiger partial charge in [-0.25, -0.2) is 19.7 Å². The summed E-state index contributed by atoms with van der Waals surface area (Å²) in [5.41, 5.74) is 3.50. The molecule has 3 aromatic rings. The number of methoxy groups -OCH3 is 1. The first-order valence-electron chi connectivity index (χ1n) is 11.8. The minimum Gasteiger partial charge on any atom is -0.488 e. The maximum absolute atomic E-state index is 13.2. The zero-order valence-corrected chi connectivity index (χ0v) is 20.1. The Morgan fingerprint density at radius 3 is 2.78 bits per heavy atom. The Balaban J connectivity index is 0.00000320. The molecule has 1 N–H and O–H groups in total. The minimum atomic E-state index is -0.328. The Kier molecular flexibility index (Phi) is 6.66. The predicted octanol–water partition coefficient (Wildman–Crippen LogP) is 3.39. The number of carbonyl (C=O) groups excluding carboxylic acids is 2. The fraction of sp³-hybridized carbons (Fsp3) is 0.346. The maximum atomic E-state index is 13.2. The first kappa shape index (κ1) is 23.5. The van der Waals surface area contributed by atoms with E-state index in [4.69, 9.17) is 14.2 Å². The van der Waals surface area contributed by atoms with Gasteiger partial charge in [-0.2, -0.15) is 0 Å². The van der Waals surface area contributed by atoms with Crippen molar-refractivity contribution in [2.24, 2.45) is 0 Å². The summed E-state index contributed by atoms with van der Waals surface area (Å²) in [6, 6.07) is 9.58. The second kappa shape index (κ2) is 10.2. The van der Waals surface area contributed by atoms with E-state index in [0.29, 0.717) is 49.5 Å². The van der Waals surface area contributed by atoms with E-state index in [-0.39, 0.29) is 37.0 Å². The molecule has 10 heteroatoms. The number of aryl methyl sites for hydroxylation is 1. The molecule has 2 aliphatic heterocycles. The first-order valence-corrected chi connectivity index (χ1v) is 11.8. The zero-order valence-electron chi connectivity index (χ0n) is 20.1. The molecule has 2 aliphatic rings. The van der Waals surface area contributed by atoms with Gasteiger partial charge in [-0.15, -0.1) is 0 Å². The Hall–Kier alpha value is -4.21. The van der Waals surface area contributed by atoms with Gasteiger partial charge in [-0.3, -0.25) is 4.79 Å². The highest BCUT2D eigenvalue weighted by atomic mass is 16.6. The number of cyclic esters (lactones) is 1.